The molecule has 7 heteroatoms. The van der Waals surface area contributed by atoms with Gasteiger partial charge >= 0.3 is 5.76 Å². The Morgan fingerprint density at radius 2 is 1.89 bits per heavy atom. The predicted octanol–water partition coefficient (Wildman–Crippen LogP) is 2.25. The van der Waals surface area contributed by atoms with Crippen LogP contribution in [0.3, 0.4) is 0 Å². The summed E-state index contributed by atoms with van der Waals surface area (Å²) in [5.74, 6) is -3.62. The SMILES string of the molecule is CC(C#N)CNc1ccc(S(=O)(=O)C(F)F)cc1. The lowest BCUT2D eigenvalue weighted by Crippen LogP contribution is -2.12. The molecule has 0 aliphatic heterocycles. The first-order chi connectivity index (χ1) is 8.37. The van der Waals surface area contributed by atoms with Crippen LogP contribution in [0.4, 0.5) is 14.5 Å². The third kappa shape index (κ3) is 3.40. The number of hydrogen-bond acceptors (Lipinski definition) is 4. The molecule has 0 saturated carbocycles. The van der Waals surface area contributed by atoms with Crippen molar-refractivity contribution in [1.82, 2.24) is 0 Å². The second-order valence-electron chi connectivity index (χ2n) is 3.74. The van der Waals surface area contributed by atoms with Gasteiger partial charge in [0.1, 0.15) is 0 Å². The van der Waals surface area contributed by atoms with Crippen molar-refractivity contribution in [2.45, 2.75) is 17.6 Å². The van der Waals surface area contributed by atoms with Crippen LogP contribution in [-0.4, -0.2) is 20.7 Å². The number of anilines is 1. The van der Waals surface area contributed by atoms with Crippen LogP contribution in [-0.2, 0) is 9.84 Å². The zero-order valence-corrected chi connectivity index (χ0v) is 10.4. The maximum absolute atomic E-state index is 12.3. The van der Waals surface area contributed by atoms with Crippen molar-refractivity contribution in [3.8, 4) is 6.07 Å². The van der Waals surface area contributed by atoms with Gasteiger partial charge in [-0.1, -0.05) is 0 Å². The van der Waals surface area contributed by atoms with E-state index in [-0.39, 0.29) is 5.92 Å². The number of halogens is 2. The number of nitrogens with zero attached hydrogens (tertiary/aromatic N) is 1. The molecule has 0 aromatic heterocycles. The fourth-order valence-corrected chi connectivity index (χ4v) is 1.90. The van der Waals surface area contributed by atoms with Crippen LogP contribution in [0.15, 0.2) is 29.2 Å². The summed E-state index contributed by atoms with van der Waals surface area (Å²) < 4.78 is 46.8. The van der Waals surface area contributed by atoms with E-state index < -0.39 is 20.5 Å². The van der Waals surface area contributed by atoms with Gasteiger partial charge in [-0.2, -0.15) is 14.0 Å². The average molecular weight is 274 g/mol. The van der Waals surface area contributed by atoms with E-state index in [0.29, 0.717) is 12.2 Å². The first kappa shape index (κ1) is 14.4. The van der Waals surface area contributed by atoms with Gasteiger partial charge < -0.3 is 5.32 Å². The molecule has 0 aliphatic rings. The average Bonchev–Trinajstić information content (AvgIpc) is 2.36. The predicted molar refractivity (Wildman–Crippen MR) is 62.9 cm³/mol. The Morgan fingerprint density at radius 1 is 1.33 bits per heavy atom. The van der Waals surface area contributed by atoms with Crippen LogP contribution >= 0.6 is 0 Å². The molecule has 0 spiro atoms. The topological polar surface area (TPSA) is 70.0 Å². The van der Waals surface area contributed by atoms with Crippen LogP contribution in [0, 0.1) is 17.2 Å². The number of hydrogen-bond donors (Lipinski definition) is 1. The van der Waals surface area contributed by atoms with Gasteiger partial charge in [-0.3, -0.25) is 0 Å². The molecule has 1 rings (SSSR count). The molecule has 0 fully saturated rings. The van der Waals surface area contributed by atoms with Crippen LogP contribution < -0.4 is 5.32 Å². The molecule has 1 N–H and O–H groups in total. The molecular formula is C11H12F2N2O2S. The van der Waals surface area contributed by atoms with E-state index in [9.17, 15) is 17.2 Å². The van der Waals surface area contributed by atoms with Gasteiger partial charge in [0.05, 0.1) is 16.9 Å². The third-order valence-electron chi connectivity index (χ3n) is 2.25. The highest BCUT2D eigenvalue weighted by Crippen LogP contribution is 2.20. The second kappa shape index (κ2) is 5.78. The fraction of sp³-hybridized carbons (Fsp3) is 0.364. The molecule has 0 saturated heterocycles. The second-order valence-corrected chi connectivity index (χ2v) is 5.66. The Morgan fingerprint density at radius 3 is 2.33 bits per heavy atom. The Hall–Kier alpha value is -1.68. The highest BCUT2D eigenvalue weighted by atomic mass is 32.2. The lowest BCUT2D eigenvalue weighted by molar-refractivity contribution is 0.234. The molecule has 0 radical (unpaired) electrons. The first-order valence-electron chi connectivity index (χ1n) is 5.13. The number of nitriles is 1. The largest absolute Gasteiger partial charge is 0.384 e. The molecule has 4 nitrogen and oxygen atoms in total. The highest BCUT2D eigenvalue weighted by molar-refractivity contribution is 7.91. The summed E-state index contributed by atoms with van der Waals surface area (Å²) in [6.45, 7) is 2.13. The molecule has 1 unspecified atom stereocenters. The van der Waals surface area contributed by atoms with Crippen molar-refractivity contribution in [2.24, 2.45) is 5.92 Å². The van der Waals surface area contributed by atoms with Crippen molar-refractivity contribution < 1.29 is 17.2 Å². The zero-order valence-electron chi connectivity index (χ0n) is 9.60. The van der Waals surface area contributed by atoms with Crippen LogP contribution in [0.2, 0.25) is 0 Å². The summed E-state index contributed by atoms with van der Waals surface area (Å²) >= 11 is 0. The van der Waals surface area contributed by atoms with E-state index in [1.54, 1.807) is 6.92 Å². The molecule has 0 heterocycles. The van der Waals surface area contributed by atoms with E-state index in [4.69, 9.17) is 5.26 Å². The lowest BCUT2D eigenvalue weighted by Gasteiger charge is -2.08. The van der Waals surface area contributed by atoms with E-state index in [1.165, 1.54) is 12.1 Å². The quantitative estimate of drug-likeness (QED) is 0.894. The summed E-state index contributed by atoms with van der Waals surface area (Å²) in [6, 6.07) is 7.03. The van der Waals surface area contributed by atoms with Crippen molar-refractivity contribution in [3.05, 3.63) is 24.3 Å². The van der Waals surface area contributed by atoms with Crippen molar-refractivity contribution in [1.29, 1.82) is 5.26 Å². The molecule has 1 aromatic carbocycles. The van der Waals surface area contributed by atoms with Gasteiger partial charge in [-0.05, 0) is 31.2 Å². The minimum absolute atomic E-state index is 0.200. The van der Waals surface area contributed by atoms with Gasteiger partial charge in [-0.15, -0.1) is 0 Å². The van der Waals surface area contributed by atoms with Crippen LogP contribution in [0.5, 0.6) is 0 Å². The molecule has 1 atom stereocenters. The Bertz CT molecular complexity index is 535. The summed E-state index contributed by atoms with van der Waals surface area (Å²) in [5.41, 5.74) is 0.574. The summed E-state index contributed by atoms with van der Waals surface area (Å²) in [6.07, 6.45) is 0. The zero-order chi connectivity index (χ0) is 13.8. The first-order valence-corrected chi connectivity index (χ1v) is 6.68. The summed E-state index contributed by atoms with van der Waals surface area (Å²) in [4.78, 5) is -0.420. The Kier molecular flexibility index (Phi) is 4.62. The van der Waals surface area contributed by atoms with Crippen molar-refractivity contribution in [2.75, 3.05) is 11.9 Å². The molecule has 18 heavy (non-hydrogen) atoms. The summed E-state index contributed by atoms with van der Waals surface area (Å²) in [5, 5.41) is 11.5. The molecular weight excluding hydrogens is 262 g/mol. The van der Waals surface area contributed by atoms with E-state index in [2.05, 4.69) is 5.32 Å². The summed E-state index contributed by atoms with van der Waals surface area (Å²) in [7, 11) is -4.54. The van der Waals surface area contributed by atoms with E-state index in [1.807, 2.05) is 6.07 Å². The van der Waals surface area contributed by atoms with Crippen molar-refractivity contribution in [3.63, 3.8) is 0 Å². The minimum atomic E-state index is -4.54. The van der Waals surface area contributed by atoms with Gasteiger partial charge in [0.2, 0.25) is 9.84 Å². The standard InChI is InChI=1S/C11H12F2N2O2S/c1-8(6-14)7-15-9-2-4-10(5-3-9)18(16,17)11(12)13/h2-5,8,11,15H,7H2,1H3. The maximum atomic E-state index is 12.3. The molecule has 1 aromatic rings. The lowest BCUT2D eigenvalue weighted by atomic mass is 10.2. The normalized spacial score (nSPS) is 13.1. The highest BCUT2D eigenvalue weighted by Gasteiger charge is 2.26. The number of benzene rings is 1. The smallest absolute Gasteiger partial charge is 0.341 e. The van der Waals surface area contributed by atoms with Gasteiger partial charge in [0, 0.05) is 12.2 Å². The number of rotatable bonds is 5. The number of nitrogens with one attached hydrogen (secondary N) is 1. The number of alkyl halides is 2. The third-order valence-corrected chi connectivity index (χ3v) is 3.65. The van der Waals surface area contributed by atoms with Crippen molar-refractivity contribution >= 4 is 15.5 Å². The molecule has 0 amide bonds. The molecule has 0 aliphatic carbocycles. The Labute approximate surface area is 104 Å². The van der Waals surface area contributed by atoms with E-state index in [0.717, 1.165) is 12.1 Å². The minimum Gasteiger partial charge on any atom is -0.384 e. The van der Waals surface area contributed by atoms with Crippen LogP contribution in [0.25, 0.3) is 0 Å². The van der Waals surface area contributed by atoms with Gasteiger partial charge in [0.15, 0.2) is 0 Å². The number of sulfone groups is 1. The monoisotopic (exact) mass is 274 g/mol. The molecule has 98 valence electrons. The van der Waals surface area contributed by atoms with Gasteiger partial charge in [-0.25, -0.2) is 8.42 Å². The maximum Gasteiger partial charge on any atom is 0.341 e. The van der Waals surface area contributed by atoms with Gasteiger partial charge in [0.25, 0.3) is 0 Å². The van der Waals surface area contributed by atoms with E-state index >= 15 is 0 Å². The van der Waals surface area contributed by atoms with Crippen LogP contribution in [0.1, 0.15) is 6.92 Å². The molecule has 0 bridgehead atoms. The fourth-order valence-electron chi connectivity index (χ4n) is 1.18. The Balaban J connectivity index is 2.79.